The number of rotatable bonds is 4. The van der Waals surface area contributed by atoms with Crippen molar-refractivity contribution in [2.75, 3.05) is 17.7 Å². The predicted molar refractivity (Wildman–Crippen MR) is 83.2 cm³/mol. The van der Waals surface area contributed by atoms with E-state index in [2.05, 4.69) is 23.6 Å². The van der Waals surface area contributed by atoms with E-state index < -0.39 is 10.0 Å². The van der Waals surface area contributed by atoms with Crippen LogP contribution in [0.2, 0.25) is 0 Å². The molecule has 0 aliphatic carbocycles. The van der Waals surface area contributed by atoms with Gasteiger partial charge in [0.1, 0.15) is 10.6 Å². The van der Waals surface area contributed by atoms with Gasteiger partial charge < -0.3 is 10.1 Å². The van der Waals surface area contributed by atoms with E-state index in [1.807, 2.05) is 6.92 Å². The van der Waals surface area contributed by atoms with Gasteiger partial charge in [0.2, 0.25) is 0 Å². The van der Waals surface area contributed by atoms with E-state index >= 15 is 0 Å². The molecule has 1 aliphatic rings. The summed E-state index contributed by atoms with van der Waals surface area (Å²) in [5.74, 6) is 1.81. The van der Waals surface area contributed by atoms with Gasteiger partial charge in [-0.3, -0.25) is 0 Å². The normalized spacial score (nSPS) is 16.3. The Kier molecular flexibility index (Phi) is 4.59. The zero-order chi connectivity index (χ0) is 14.8. The van der Waals surface area contributed by atoms with Crippen molar-refractivity contribution in [3.8, 4) is 5.75 Å². The molecule has 0 spiro atoms. The Morgan fingerprint density at radius 1 is 1.40 bits per heavy atom. The molecule has 7 heteroatoms. The summed E-state index contributed by atoms with van der Waals surface area (Å²) in [5, 5.41) is 3.48. The van der Waals surface area contributed by atoms with Gasteiger partial charge in [0.05, 0.1) is 12.3 Å². The Morgan fingerprint density at radius 3 is 2.80 bits per heavy atom. The SMILES string of the molecule is CCOc1ccc2c(c1)S(=O)(=O)N=C(SCC(C)C)N2. The van der Waals surface area contributed by atoms with Crippen molar-refractivity contribution in [1.82, 2.24) is 0 Å². The number of sulfonamides is 1. The second kappa shape index (κ2) is 6.05. The molecule has 1 aromatic rings. The van der Waals surface area contributed by atoms with Crippen LogP contribution >= 0.6 is 11.8 Å². The molecule has 1 aromatic carbocycles. The summed E-state index contributed by atoms with van der Waals surface area (Å²) in [4.78, 5) is 0.164. The number of thioether (sulfide) groups is 1. The smallest absolute Gasteiger partial charge is 0.286 e. The lowest BCUT2D eigenvalue weighted by Crippen LogP contribution is -2.19. The molecule has 2 rings (SSSR count). The first-order valence-corrected chi connectivity index (χ1v) is 8.86. The highest BCUT2D eigenvalue weighted by Crippen LogP contribution is 2.32. The number of ether oxygens (including phenoxy) is 1. The zero-order valence-corrected chi connectivity index (χ0v) is 13.3. The third kappa shape index (κ3) is 3.46. The van der Waals surface area contributed by atoms with Crippen LogP contribution in [-0.2, 0) is 10.0 Å². The topological polar surface area (TPSA) is 67.8 Å². The third-order valence-electron chi connectivity index (χ3n) is 2.54. The molecule has 1 N–H and O–H groups in total. The van der Waals surface area contributed by atoms with Gasteiger partial charge in [-0.2, -0.15) is 8.42 Å². The summed E-state index contributed by atoms with van der Waals surface area (Å²) >= 11 is 1.41. The van der Waals surface area contributed by atoms with Crippen molar-refractivity contribution < 1.29 is 13.2 Å². The van der Waals surface area contributed by atoms with E-state index in [0.717, 1.165) is 5.75 Å². The van der Waals surface area contributed by atoms with E-state index in [4.69, 9.17) is 4.74 Å². The first-order valence-electron chi connectivity index (χ1n) is 6.44. The minimum absolute atomic E-state index is 0.164. The maximum atomic E-state index is 12.2. The molecular weight excluding hydrogens is 296 g/mol. The molecule has 0 fully saturated rings. The van der Waals surface area contributed by atoms with Gasteiger partial charge in [0, 0.05) is 11.8 Å². The molecule has 0 bridgehead atoms. The molecular formula is C13H18N2O3S2. The van der Waals surface area contributed by atoms with E-state index in [-0.39, 0.29) is 4.90 Å². The fraction of sp³-hybridized carbons (Fsp3) is 0.462. The Balaban J connectivity index is 2.29. The van der Waals surface area contributed by atoms with Gasteiger partial charge in [0.15, 0.2) is 5.17 Å². The van der Waals surface area contributed by atoms with Crippen LogP contribution in [0.25, 0.3) is 0 Å². The molecule has 5 nitrogen and oxygen atoms in total. The van der Waals surface area contributed by atoms with Crippen molar-refractivity contribution in [2.45, 2.75) is 25.7 Å². The molecule has 0 amide bonds. The number of fused-ring (bicyclic) bond motifs is 1. The standard InChI is InChI=1S/C13H18N2O3S2/c1-4-18-10-5-6-11-12(7-10)20(16,17)15-13(14-11)19-8-9(2)3/h5-7,9H,4,8H2,1-3H3,(H,14,15). The number of nitrogens with one attached hydrogen (secondary N) is 1. The minimum atomic E-state index is -3.66. The van der Waals surface area contributed by atoms with Gasteiger partial charge in [0.25, 0.3) is 10.0 Å². The lowest BCUT2D eigenvalue weighted by Gasteiger charge is -2.18. The Morgan fingerprint density at radius 2 is 2.15 bits per heavy atom. The summed E-state index contributed by atoms with van der Waals surface area (Å²) in [5.41, 5.74) is 0.551. The van der Waals surface area contributed by atoms with Crippen LogP contribution in [0.4, 0.5) is 5.69 Å². The van der Waals surface area contributed by atoms with Crippen LogP contribution in [0, 0.1) is 5.92 Å². The number of amidine groups is 1. The minimum Gasteiger partial charge on any atom is -0.494 e. The van der Waals surface area contributed by atoms with Crippen molar-refractivity contribution in [2.24, 2.45) is 10.3 Å². The van der Waals surface area contributed by atoms with E-state index in [1.54, 1.807) is 12.1 Å². The Bertz CT molecular complexity index is 625. The highest BCUT2D eigenvalue weighted by atomic mass is 32.2. The molecule has 0 unspecified atom stereocenters. The van der Waals surface area contributed by atoms with Crippen molar-refractivity contribution in [3.05, 3.63) is 18.2 Å². The molecule has 20 heavy (non-hydrogen) atoms. The number of nitrogens with zero attached hydrogens (tertiary/aromatic N) is 1. The predicted octanol–water partition coefficient (Wildman–Crippen LogP) is 2.94. The van der Waals surface area contributed by atoms with Crippen LogP contribution in [0.1, 0.15) is 20.8 Å². The Hall–Kier alpha value is -1.21. The molecule has 0 radical (unpaired) electrons. The quantitative estimate of drug-likeness (QED) is 0.925. The van der Waals surface area contributed by atoms with Crippen molar-refractivity contribution in [1.29, 1.82) is 0 Å². The molecule has 1 heterocycles. The average Bonchev–Trinajstić information content (AvgIpc) is 2.37. The summed E-state index contributed by atoms with van der Waals surface area (Å²) in [6.07, 6.45) is 0. The van der Waals surface area contributed by atoms with Gasteiger partial charge in [-0.15, -0.1) is 4.40 Å². The van der Waals surface area contributed by atoms with Gasteiger partial charge in [-0.25, -0.2) is 0 Å². The number of benzene rings is 1. The van der Waals surface area contributed by atoms with Crippen LogP contribution in [0.5, 0.6) is 5.75 Å². The summed E-state index contributed by atoms with van der Waals surface area (Å²) in [6, 6.07) is 4.97. The van der Waals surface area contributed by atoms with Crippen molar-refractivity contribution >= 4 is 32.6 Å². The molecule has 0 saturated carbocycles. The van der Waals surface area contributed by atoms with Crippen LogP contribution in [-0.4, -0.2) is 25.9 Å². The molecule has 110 valence electrons. The number of hydrogen-bond donors (Lipinski definition) is 1. The molecule has 0 saturated heterocycles. The first kappa shape index (κ1) is 15.2. The van der Waals surface area contributed by atoms with E-state index in [9.17, 15) is 8.42 Å². The summed E-state index contributed by atoms with van der Waals surface area (Å²) in [6.45, 7) is 6.50. The van der Waals surface area contributed by atoms with Crippen LogP contribution in [0.15, 0.2) is 27.5 Å². The molecule has 0 aromatic heterocycles. The summed E-state index contributed by atoms with van der Waals surface area (Å²) in [7, 11) is -3.66. The maximum absolute atomic E-state index is 12.2. The van der Waals surface area contributed by atoms with Crippen LogP contribution < -0.4 is 10.1 Å². The highest BCUT2D eigenvalue weighted by molar-refractivity contribution is 8.14. The number of hydrogen-bond acceptors (Lipinski definition) is 5. The fourth-order valence-electron chi connectivity index (χ4n) is 1.68. The molecule has 0 atom stereocenters. The second-order valence-corrected chi connectivity index (χ2v) is 7.37. The first-order chi connectivity index (χ1) is 9.42. The fourth-order valence-corrected chi connectivity index (χ4v) is 3.88. The monoisotopic (exact) mass is 314 g/mol. The van der Waals surface area contributed by atoms with Crippen molar-refractivity contribution in [3.63, 3.8) is 0 Å². The largest absolute Gasteiger partial charge is 0.494 e. The van der Waals surface area contributed by atoms with Gasteiger partial charge in [-0.1, -0.05) is 25.6 Å². The third-order valence-corrected chi connectivity index (χ3v) is 5.27. The van der Waals surface area contributed by atoms with Crippen LogP contribution in [0.3, 0.4) is 0 Å². The van der Waals surface area contributed by atoms with E-state index in [0.29, 0.717) is 29.1 Å². The van der Waals surface area contributed by atoms with Gasteiger partial charge in [-0.05, 0) is 25.0 Å². The highest BCUT2D eigenvalue weighted by Gasteiger charge is 2.25. The van der Waals surface area contributed by atoms with Gasteiger partial charge >= 0.3 is 0 Å². The lowest BCUT2D eigenvalue weighted by atomic mass is 10.3. The summed E-state index contributed by atoms with van der Waals surface area (Å²) < 4.78 is 33.5. The lowest BCUT2D eigenvalue weighted by molar-refractivity contribution is 0.339. The van der Waals surface area contributed by atoms with E-state index in [1.165, 1.54) is 17.8 Å². The number of anilines is 1. The molecule has 1 aliphatic heterocycles. The average molecular weight is 314 g/mol. The Labute approximate surface area is 123 Å². The zero-order valence-electron chi connectivity index (χ0n) is 11.7. The maximum Gasteiger partial charge on any atom is 0.286 e. The second-order valence-electron chi connectivity index (χ2n) is 4.79.